The molecule has 0 spiro atoms. The molecule has 1 aromatic rings. The van der Waals surface area contributed by atoms with E-state index in [1.807, 2.05) is 0 Å². The van der Waals surface area contributed by atoms with Gasteiger partial charge in [0.25, 0.3) is 0 Å². The molecule has 0 fully saturated rings. The highest BCUT2D eigenvalue weighted by Gasteiger charge is 2.02. The van der Waals surface area contributed by atoms with Gasteiger partial charge in [0.1, 0.15) is 0 Å². The highest BCUT2D eigenvalue weighted by Crippen LogP contribution is 2.16. The van der Waals surface area contributed by atoms with Crippen molar-refractivity contribution in [3.63, 3.8) is 0 Å². The van der Waals surface area contributed by atoms with Gasteiger partial charge in [0, 0.05) is 0 Å². The molecule has 0 saturated carbocycles. The summed E-state index contributed by atoms with van der Waals surface area (Å²) in [6, 6.07) is 8.73. The minimum atomic E-state index is 0.875. The molecule has 1 atom stereocenters. The van der Waals surface area contributed by atoms with Crippen molar-refractivity contribution in [1.82, 2.24) is 0 Å². The predicted molar refractivity (Wildman–Crippen MR) is 63.6 cm³/mol. The molecule has 0 aromatic heterocycles. The van der Waals surface area contributed by atoms with E-state index in [0.717, 1.165) is 5.92 Å². The standard InChI is InChI=1S/C14H22/c1-4-7-12(2)10-11-14-9-6-5-8-13(14)3/h5-6,8-9,12H,4,7,10-11H2,1-3H3. The maximum Gasteiger partial charge on any atom is -0.0274 e. The van der Waals surface area contributed by atoms with Crippen molar-refractivity contribution in [2.75, 3.05) is 0 Å². The first kappa shape index (κ1) is 11.3. The number of hydrogen-bond donors (Lipinski definition) is 0. The molecule has 0 N–H and O–H groups in total. The number of benzene rings is 1. The second-order valence-corrected chi connectivity index (χ2v) is 4.36. The first-order valence-electron chi connectivity index (χ1n) is 5.78. The highest BCUT2D eigenvalue weighted by molar-refractivity contribution is 5.25. The molecule has 0 heterocycles. The Hall–Kier alpha value is -0.780. The molecule has 1 unspecified atom stereocenters. The molecule has 0 nitrogen and oxygen atoms in total. The van der Waals surface area contributed by atoms with Crippen molar-refractivity contribution in [2.45, 2.75) is 46.5 Å². The van der Waals surface area contributed by atoms with Gasteiger partial charge >= 0.3 is 0 Å². The lowest BCUT2D eigenvalue weighted by molar-refractivity contribution is 0.486. The van der Waals surface area contributed by atoms with E-state index in [-0.39, 0.29) is 0 Å². The van der Waals surface area contributed by atoms with Crippen LogP contribution in [0.15, 0.2) is 24.3 Å². The fourth-order valence-electron chi connectivity index (χ4n) is 1.93. The van der Waals surface area contributed by atoms with Gasteiger partial charge in [-0.25, -0.2) is 0 Å². The molecule has 0 aliphatic heterocycles. The molecule has 0 saturated heterocycles. The Morgan fingerprint density at radius 2 is 1.86 bits per heavy atom. The predicted octanol–water partition coefficient (Wildman–Crippen LogP) is 4.36. The normalized spacial score (nSPS) is 12.8. The lowest BCUT2D eigenvalue weighted by atomic mass is 9.95. The zero-order valence-corrected chi connectivity index (χ0v) is 9.72. The summed E-state index contributed by atoms with van der Waals surface area (Å²) >= 11 is 0. The second kappa shape index (κ2) is 5.85. The van der Waals surface area contributed by atoms with Gasteiger partial charge in [-0.2, -0.15) is 0 Å². The van der Waals surface area contributed by atoms with Crippen LogP contribution in [0.5, 0.6) is 0 Å². The van der Waals surface area contributed by atoms with Gasteiger partial charge in [0.05, 0.1) is 0 Å². The summed E-state index contributed by atoms with van der Waals surface area (Å²) < 4.78 is 0. The Labute approximate surface area is 88.4 Å². The first-order valence-corrected chi connectivity index (χ1v) is 5.78. The van der Waals surface area contributed by atoms with E-state index >= 15 is 0 Å². The van der Waals surface area contributed by atoms with Crippen LogP contribution in [-0.4, -0.2) is 0 Å². The SMILES string of the molecule is CCCC(C)CCc1ccccc1C. The summed E-state index contributed by atoms with van der Waals surface area (Å²) in [6.45, 7) is 6.84. The summed E-state index contributed by atoms with van der Waals surface area (Å²) in [5.74, 6) is 0.875. The third kappa shape index (κ3) is 3.53. The summed E-state index contributed by atoms with van der Waals surface area (Å²) in [5, 5.41) is 0. The van der Waals surface area contributed by atoms with E-state index in [1.165, 1.54) is 36.8 Å². The maximum atomic E-state index is 2.36. The molecule has 1 aromatic carbocycles. The van der Waals surface area contributed by atoms with Crippen LogP contribution in [0.25, 0.3) is 0 Å². The van der Waals surface area contributed by atoms with Crippen molar-refractivity contribution in [3.8, 4) is 0 Å². The summed E-state index contributed by atoms with van der Waals surface area (Å²) in [5.41, 5.74) is 2.96. The topological polar surface area (TPSA) is 0 Å². The average Bonchev–Trinajstić information content (AvgIpc) is 2.17. The monoisotopic (exact) mass is 190 g/mol. The van der Waals surface area contributed by atoms with E-state index < -0.39 is 0 Å². The molecular weight excluding hydrogens is 168 g/mol. The van der Waals surface area contributed by atoms with E-state index in [4.69, 9.17) is 0 Å². The van der Waals surface area contributed by atoms with Gasteiger partial charge in [0.2, 0.25) is 0 Å². The lowest BCUT2D eigenvalue weighted by Gasteiger charge is -2.10. The molecular formula is C14H22. The van der Waals surface area contributed by atoms with Crippen LogP contribution in [0.4, 0.5) is 0 Å². The van der Waals surface area contributed by atoms with Gasteiger partial charge in [-0.05, 0) is 36.8 Å². The number of aryl methyl sites for hydroxylation is 2. The summed E-state index contributed by atoms with van der Waals surface area (Å²) in [7, 11) is 0. The van der Waals surface area contributed by atoms with Crippen molar-refractivity contribution in [1.29, 1.82) is 0 Å². The van der Waals surface area contributed by atoms with Gasteiger partial charge in [-0.3, -0.25) is 0 Å². The van der Waals surface area contributed by atoms with Crippen LogP contribution in [0.1, 0.15) is 44.2 Å². The zero-order chi connectivity index (χ0) is 10.4. The minimum absolute atomic E-state index is 0.875. The van der Waals surface area contributed by atoms with Gasteiger partial charge in [0.15, 0.2) is 0 Å². The fourth-order valence-corrected chi connectivity index (χ4v) is 1.93. The van der Waals surface area contributed by atoms with E-state index in [2.05, 4.69) is 45.0 Å². The molecule has 0 aliphatic carbocycles. The summed E-state index contributed by atoms with van der Waals surface area (Å²) in [6.07, 6.45) is 5.26. The van der Waals surface area contributed by atoms with Crippen molar-refractivity contribution >= 4 is 0 Å². The van der Waals surface area contributed by atoms with Gasteiger partial charge < -0.3 is 0 Å². The smallest absolute Gasteiger partial charge is 0.0274 e. The minimum Gasteiger partial charge on any atom is -0.0654 e. The molecule has 0 aliphatic rings. The van der Waals surface area contributed by atoms with Crippen LogP contribution < -0.4 is 0 Å². The van der Waals surface area contributed by atoms with Crippen molar-refractivity contribution < 1.29 is 0 Å². The molecule has 14 heavy (non-hydrogen) atoms. The fraction of sp³-hybridized carbons (Fsp3) is 0.571. The molecule has 0 radical (unpaired) electrons. The molecule has 1 rings (SSSR count). The quantitative estimate of drug-likeness (QED) is 0.647. The first-order chi connectivity index (χ1) is 6.74. The van der Waals surface area contributed by atoms with Crippen LogP contribution in [0.2, 0.25) is 0 Å². The Morgan fingerprint density at radius 1 is 1.14 bits per heavy atom. The molecule has 0 heteroatoms. The molecule has 0 amide bonds. The van der Waals surface area contributed by atoms with Crippen molar-refractivity contribution in [3.05, 3.63) is 35.4 Å². The van der Waals surface area contributed by atoms with Gasteiger partial charge in [-0.15, -0.1) is 0 Å². The highest BCUT2D eigenvalue weighted by atomic mass is 14.1. The Balaban J connectivity index is 2.41. The maximum absolute atomic E-state index is 2.36. The number of rotatable bonds is 5. The summed E-state index contributed by atoms with van der Waals surface area (Å²) in [4.78, 5) is 0. The third-order valence-electron chi connectivity index (χ3n) is 2.95. The molecule has 78 valence electrons. The lowest BCUT2D eigenvalue weighted by Crippen LogP contribution is -1.98. The van der Waals surface area contributed by atoms with Crippen LogP contribution in [0.3, 0.4) is 0 Å². The largest absolute Gasteiger partial charge is 0.0654 e. The Kier molecular flexibility index (Phi) is 4.72. The number of hydrogen-bond acceptors (Lipinski definition) is 0. The third-order valence-corrected chi connectivity index (χ3v) is 2.95. The Bertz CT molecular complexity index is 262. The van der Waals surface area contributed by atoms with Crippen LogP contribution in [0, 0.1) is 12.8 Å². The van der Waals surface area contributed by atoms with Crippen molar-refractivity contribution in [2.24, 2.45) is 5.92 Å². The van der Waals surface area contributed by atoms with Crippen LogP contribution >= 0.6 is 0 Å². The zero-order valence-electron chi connectivity index (χ0n) is 9.72. The van der Waals surface area contributed by atoms with Gasteiger partial charge in [-0.1, -0.05) is 51.0 Å². The average molecular weight is 190 g/mol. The Morgan fingerprint density at radius 3 is 2.50 bits per heavy atom. The van der Waals surface area contributed by atoms with Crippen LogP contribution in [-0.2, 0) is 6.42 Å². The van der Waals surface area contributed by atoms with E-state index in [1.54, 1.807) is 0 Å². The molecule has 0 bridgehead atoms. The van der Waals surface area contributed by atoms with E-state index in [9.17, 15) is 0 Å². The second-order valence-electron chi connectivity index (χ2n) is 4.36. The van der Waals surface area contributed by atoms with E-state index in [0.29, 0.717) is 0 Å².